The molecular formula is C28H24N4O4. The molecule has 0 atom stereocenters. The second-order valence-corrected chi connectivity index (χ2v) is 7.64. The molecule has 36 heavy (non-hydrogen) atoms. The van der Waals surface area contributed by atoms with Gasteiger partial charge in [0, 0.05) is 16.8 Å². The molecule has 0 spiro atoms. The Hall–Kier alpha value is -4.98. The molecule has 4 aromatic rings. The Morgan fingerprint density at radius 2 is 1.25 bits per heavy atom. The zero-order valence-electron chi connectivity index (χ0n) is 19.8. The molecule has 0 heterocycles. The Bertz CT molecular complexity index is 1400. The van der Waals surface area contributed by atoms with E-state index in [0.29, 0.717) is 45.4 Å². The van der Waals surface area contributed by atoms with Gasteiger partial charge in [-0.2, -0.15) is 5.11 Å². The molecular weight excluding hydrogens is 456 g/mol. The number of ether oxygens (including phenoxy) is 2. The normalized spacial score (nSPS) is 10.6. The number of carbonyl (C=O) groups is 2. The third-order valence-corrected chi connectivity index (χ3v) is 5.20. The van der Waals surface area contributed by atoms with E-state index < -0.39 is 0 Å². The maximum atomic E-state index is 13.0. The van der Waals surface area contributed by atoms with Gasteiger partial charge in [0.05, 0.1) is 25.6 Å². The molecule has 2 N–H and O–H groups in total. The van der Waals surface area contributed by atoms with Crippen molar-refractivity contribution in [2.24, 2.45) is 10.2 Å². The van der Waals surface area contributed by atoms with Gasteiger partial charge in [0.1, 0.15) is 17.2 Å². The summed E-state index contributed by atoms with van der Waals surface area (Å²) in [4.78, 5) is 25.8. The van der Waals surface area contributed by atoms with Gasteiger partial charge in [-0.1, -0.05) is 30.3 Å². The van der Waals surface area contributed by atoms with Crippen molar-refractivity contribution in [3.63, 3.8) is 0 Å². The fourth-order valence-electron chi connectivity index (χ4n) is 3.33. The Labute approximate surface area is 208 Å². The lowest BCUT2D eigenvalue weighted by atomic mass is 10.1. The van der Waals surface area contributed by atoms with E-state index in [1.807, 2.05) is 30.3 Å². The number of hydrogen-bond acceptors (Lipinski definition) is 6. The van der Waals surface area contributed by atoms with E-state index in [-0.39, 0.29) is 11.8 Å². The SMILES string of the molecule is COc1cccc(C(=O)Nc2ccc(N=Nc3ccccc3)c(NC(=O)c3cccc(OC)c3)c2)c1. The number of benzene rings is 4. The topological polar surface area (TPSA) is 101 Å². The standard InChI is InChI=1S/C28H24N4O4/c1-35-23-12-6-8-19(16-23)27(33)29-22-14-15-25(32-31-21-10-4-3-5-11-21)26(18-22)30-28(34)20-9-7-13-24(17-20)36-2/h3-18H,1-2H3,(H,29,33)(H,30,34). The molecule has 2 amide bonds. The molecule has 8 heteroatoms. The minimum absolute atomic E-state index is 0.322. The zero-order chi connectivity index (χ0) is 25.3. The largest absolute Gasteiger partial charge is 0.497 e. The molecule has 4 aromatic carbocycles. The first-order valence-electron chi connectivity index (χ1n) is 11.1. The van der Waals surface area contributed by atoms with E-state index in [1.54, 1.807) is 66.7 Å². The summed E-state index contributed by atoms with van der Waals surface area (Å²) < 4.78 is 10.4. The number of rotatable bonds is 8. The first-order chi connectivity index (χ1) is 17.6. The van der Waals surface area contributed by atoms with Crippen molar-refractivity contribution in [1.29, 1.82) is 0 Å². The van der Waals surface area contributed by atoms with Crippen LogP contribution in [0.1, 0.15) is 20.7 Å². The van der Waals surface area contributed by atoms with Crippen molar-refractivity contribution in [2.75, 3.05) is 24.9 Å². The summed E-state index contributed by atoms with van der Waals surface area (Å²) in [5.41, 5.74) is 2.79. The van der Waals surface area contributed by atoms with Gasteiger partial charge in [0.15, 0.2) is 0 Å². The van der Waals surface area contributed by atoms with Gasteiger partial charge in [0.2, 0.25) is 0 Å². The Kier molecular flexibility index (Phi) is 7.67. The van der Waals surface area contributed by atoms with Gasteiger partial charge < -0.3 is 20.1 Å². The van der Waals surface area contributed by atoms with Gasteiger partial charge in [0.25, 0.3) is 11.8 Å². The molecule has 0 aliphatic carbocycles. The van der Waals surface area contributed by atoms with Gasteiger partial charge in [-0.15, -0.1) is 5.11 Å². The van der Waals surface area contributed by atoms with Crippen molar-refractivity contribution in [3.8, 4) is 11.5 Å². The van der Waals surface area contributed by atoms with Crippen LogP contribution < -0.4 is 20.1 Å². The Morgan fingerprint density at radius 1 is 0.639 bits per heavy atom. The Balaban J connectivity index is 1.63. The highest BCUT2D eigenvalue weighted by molar-refractivity contribution is 6.08. The smallest absolute Gasteiger partial charge is 0.255 e. The lowest BCUT2D eigenvalue weighted by Crippen LogP contribution is -2.14. The van der Waals surface area contributed by atoms with Crippen molar-refractivity contribution < 1.29 is 19.1 Å². The highest BCUT2D eigenvalue weighted by Crippen LogP contribution is 2.31. The van der Waals surface area contributed by atoms with Crippen LogP contribution >= 0.6 is 0 Å². The summed E-state index contributed by atoms with van der Waals surface area (Å²) in [7, 11) is 3.07. The summed E-state index contributed by atoms with van der Waals surface area (Å²) >= 11 is 0. The summed E-state index contributed by atoms with van der Waals surface area (Å²) in [6.07, 6.45) is 0. The summed E-state index contributed by atoms with van der Waals surface area (Å²) in [5, 5.41) is 14.3. The average molecular weight is 481 g/mol. The molecule has 0 saturated carbocycles. The number of amides is 2. The fourth-order valence-corrected chi connectivity index (χ4v) is 3.33. The Morgan fingerprint density at radius 3 is 1.86 bits per heavy atom. The number of hydrogen-bond donors (Lipinski definition) is 2. The van der Waals surface area contributed by atoms with E-state index in [2.05, 4.69) is 20.9 Å². The lowest BCUT2D eigenvalue weighted by molar-refractivity contribution is 0.101. The number of carbonyl (C=O) groups excluding carboxylic acids is 2. The first-order valence-corrected chi connectivity index (χ1v) is 11.1. The molecule has 0 saturated heterocycles. The van der Waals surface area contributed by atoms with Crippen molar-refractivity contribution in [1.82, 2.24) is 0 Å². The average Bonchev–Trinajstić information content (AvgIpc) is 2.93. The van der Waals surface area contributed by atoms with Crippen molar-refractivity contribution >= 4 is 34.6 Å². The molecule has 0 fully saturated rings. The van der Waals surface area contributed by atoms with Crippen LogP contribution in [0.25, 0.3) is 0 Å². The van der Waals surface area contributed by atoms with Crippen LogP contribution in [0.5, 0.6) is 11.5 Å². The van der Waals surface area contributed by atoms with E-state index in [4.69, 9.17) is 9.47 Å². The molecule has 0 radical (unpaired) electrons. The third-order valence-electron chi connectivity index (χ3n) is 5.20. The van der Waals surface area contributed by atoms with E-state index in [9.17, 15) is 9.59 Å². The van der Waals surface area contributed by atoms with E-state index in [0.717, 1.165) is 0 Å². The molecule has 0 aliphatic rings. The molecule has 0 aliphatic heterocycles. The van der Waals surface area contributed by atoms with Crippen LogP contribution in [0.15, 0.2) is 107 Å². The van der Waals surface area contributed by atoms with Crippen LogP contribution in [0.2, 0.25) is 0 Å². The second-order valence-electron chi connectivity index (χ2n) is 7.64. The molecule has 4 rings (SSSR count). The summed E-state index contributed by atoms with van der Waals surface area (Å²) in [6, 6.07) is 27.9. The predicted molar refractivity (Wildman–Crippen MR) is 139 cm³/mol. The van der Waals surface area contributed by atoms with Gasteiger partial charge in [-0.25, -0.2) is 0 Å². The number of azo groups is 1. The second kappa shape index (κ2) is 11.4. The highest BCUT2D eigenvalue weighted by atomic mass is 16.5. The van der Waals surface area contributed by atoms with E-state index >= 15 is 0 Å². The number of nitrogens with zero attached hydrogens (tertiary/aromatic N) is 2. The van der Waals surface area contributed by atoms with Crippen LogP contribution in [-0.4, -0.2) is 26.0 Å². The third kappa shape index (κ3) is 6.12. The maximum Gasteiger partial charge on any atom is 0.255 e. The summed E-state index contributed by atoms with van der Waals surface area (Å²) in [5.74, 6) is 0.454. The van der Waals surface area contributed by atoms with Crippen molar-refractivity contribution in [2.45, 2.75) is 0 Å². The van der Waals surface area contributed by atoms with Gasteiger partial charge in [-0.05, 0) is 66.7 Å². The molecule has 0 bridgehead atoms. The number of nitrogens with one attached hydrogen (secondary N) is 2. The fraction of sp³-hybridized carbons (Fsp3) is 0.0714. The molecule has 8 nitrogen and oxygen atoms in total. The van der Waals surface area contributed by atoms with Crippen LogP contribution in [0.4, 0.5) is 22.7 Å². The van der Waals surface area contributed by atoms with Gasteiger partial charge in [-0.3, -0.25) is 9.59 Å². The van der Waals surface area contributed by atoms with E-state index in [1.165, 1.54) is 14.2 Å². The number of anilines is 2. The molecule has 0 unspecified atom stereocenters. The lowest BCUT2D eigenvalue weighted by Gasteiger charge is -2.12. The molecule has 0 aromatic heterocycles. The maximum absolute atomic E-state index is 13.0. The van der Waals surface area contributed by atoms with Crippen LogP contribution in [0.3, 0.4) is 0 Å². The minimum Gasteiger partial charge on any atom is -0.497 e. The summed E-state index contributed by atoms with van der Waals surface area (Å²) in [6.45, 7) is 0. The van der Waals surface area contributed by atoms with Crippen LogP contribution in [-0.2, 0) is 0 Å². The van der Waals surface area contributed by atoms with Gasteiger partial charge >= 0.3 is 0 Å². The monoisotopic (exact) mass is 480 g/mol. The quantitative estimate of drug-likeness (QED) is 0.277. The van der Waals surface area contributed by atoms with Crippen LogP contribution in [0, 0.1) is 0 Å². The molecule has 180 valence electrons. The zero-order valence-corrected chi connectivity index (χ0v) is 19.8. The van der Waals surface area contributed by atoms with Crippen molar-refractivity contribution in [3.05, 3.63) is 108 Å². The minimum atomic E-state index is -0.360. The highest BCUT2D eigenvalue weighted by Gasteiger charge is 2.13. The number of methoxy groups -OCH3 is 2. The first kappa shape index (κ1) is 24.2. The predicted octanol–water partition coefficient (Wildman–Crippen LogP) is 6.62.